The standard InChI is InChI=1S/C21H24F3N5O3/c1-10-17-18(29(3)21(2,9-31-4)19(30)27-17)28-20(25-10)26-11-5-12(6-11)32-13-7-14(22)16(24)15(23)8-13/h7-8,11-12H,5-6,9H2,1-4H3,(H,27,30)(H,25,26,28)/t11-,12-,21-/m1/s1. The summed E-state index contributed by atoms with van der Waals surface area (Å²) in [5.41, 5.74) is 0.239. The molecule has 11 heteroatoms. The summed E-state index contributed by atoms with van der Waals surface area (Å²) in [6.45, 7) is 3.74. The molecule has 4 rings (SSSR count). The Labute approximate surface area is 183 Å². The number of rotatable bonds is 6. The molecule has 2 aliphatic rings. The van der Waals surface area contributed by atoms with Crippen LogP contribution in [0.5, 0.6) is 5.75 Å². The number of methoxy groups -OCH3 is 1. The Kier molecular flexibility index (Phi) is 5.61. The van der Waals surface area contributed by atoms with Gasteiger partial charge in [0.05, 0.1) is 12.3 Å². The van der Waals surface area contributed by atoms with Crippen LogP contribution in [0.1, 0.15) is 25.5 Å². The minimum atomic E-state index is -1.52. The number of benzene rings is 1. The predicted octanol–water partition coefficient (Wildman–Crippen LogP) is 3.02. The number of amides is 1. The quantitative estimate of drug-likeness (QED) is 0.653. The number of halogens is 3. The van der Waals surface area contributed by atoms with E-state index in [0.717, 1.165) is 12.1 Å². The molecule has 2 aromatic rings. The average molecular weight is 451 g/mol. The summed E-state index contributed by atoms with van der Waals surface area (Å²) in [6.07, 6.45) is 0.824. The van der Waals surface area contributed by atoms with E-state index in [0.29, 0.717) is 36.0 Å². The molecule has 8 nitrogen and oxygen atoms in total. The van der Waals surface area contributed by atoms with Gasteiger partial charge in [-0.3, -0.25) is 4.79 Å². The van der Waals surface area contributed by atoms with Crippen LogP contribution < -0.4 is 20.3 Å². The molecule has 1 aromatic carbocycles. The van der Waals surface area contributed by atoms with Gasteiger partial charge in [0.1, 0.15) is 23.1 Å². The van der Waals surface area contributed by atoms with Crippen LogP contribution in [-0.2, 0) is 9.53 Å². The first kappa shape index (κ1) is 22.1. The molecule has 1 aliphatic carbocycles. The van der Waals surface area contributed by atoms with E-state index in [4.69, 9.17) is 9.47 Å². The van der Waals surface area contributed by atoms with Crippen LogP contribution >= 0.6 is 0 Å². The van der Waals surface area contributed by atoms with Crippen molar-refractivity contribution in [3.63, 3.8) is 0 Å². The van der Waals surface area contributed by atoms with Gasteiger partial charge in [0.25, 0.3) is 5.91 Å². The number of ether oxygens (including phenoxy) is 2. The summed E-state index contributed by atoms with van der Waals surface area (Å²) in [7, 11) is 3.31. The molecule has 32 heavy (non-hydrogen) atoms. The summed E-state index contributed by atoms with van der Waals surface area (Å²) in [5.74, 6) is -3.38. The SMILES string of the molecule is COC[C@]1(C)C(=O)Nc2c(C)nc(N[C@H]3C[C@H](Oc4cc(F)c(F)c(F)c4)C3)nc2N1C. The van der Waals surface area contributed by atoms with Gasteiger partial charge in [-0.1, -0.05) is 0 Å². The lowest BCUT2D eigenvalue weighted by molar-refractivity contribution is -0.122. The zero-order chi connectivity index (χ0) is 23.2. The van der Waals surface area contributed by atoms with Gasteiger partial charge in [0.15, 0.2) is 23.3 Å². The fourth-order valence-electron chi connectivity index (χ4n) is 3.84. The van der Waals surface area contributed by atoms with Crippen LogP contribution in [0, 0.1) is 24.4 Å². The highest BCUT2D eigenvalue weighted by atomic mass is 19.2. The lowest BCUT2D eigenvalue weighted by atomic mass is 9.89. The second-order valence-corrected chi connectivity index (χ2v) is 8.30. The molecule has 0 unspecified atom stereocenters. The van der Waals surface area contributed by atoms with Crippen molar-refractivity contribution in [2.45, 2.75) is 44.4 Å². The number of nitrogens with one attached hydrogen (secondary N) is 2. The van der Waals surface area contributed by atoms with Crippen molar-refractivity contribution in [2.24, 2.45) is 0 Å². The third kappa shape index (κ3) is 3.81. The fourth-order valence-corrected chi connectivity index (χ4v) is 3.84. The Morgan fingerprint density at radius 1 is 1.25 bits per heavy atom. The van der Waals surface area contributed by atoms with Crippen molar-refractivity contribution in [3.8, 4) is 5.75 Å². The maximum atomic E-state index is 13.3. The molecule has 1 aromatic heterocycles. The van der Waals surface area contributed by atoms with Crippen molar-refractivity contribution in [1.29, 1.82) is 0 Å². The highest BCUT2D eigenvalue weighted by molar-refractivity contribution is 6.06. The Morgan fingerprint density at radius 3 is 2.53 bits per heavy atom. The number of aryl methyl sites for hydroxylation is 1. The number of likely N-dealkylation sites (N-methyl/N-ethyl adjacent to an activating group) is 1. The van der Waals surface area contributed by atoms with Crippen molar-refractivity contribution < 1.29 is 27.4 Å². The smallest absolute Gasteiger partial charge is 0.252 e. The molecule has 172 valence electrons. The van der Waals surface area contributed by atoms with E-state index >= 15 is 0 Å². The van der Waals surface area contributed by atoms with E-state index < -0.39 is 23.0 Å². The Bertz CT molecular complexity index is 1040. The lowest BCUT2D eigenvalue weighted by Crippen LogP contribution is -2.59. The van der Waals surface area contributed by atoms with Crippen LogP contribution in [0.4, 0.5) is 30.6 Å². The maximum Gasteiger partial charge on any atom is 0.252 e. The molecule has 1 atom stereocenters. The van der Waals surface area contributed by atoms with Gasteiger partial charge in [0, 0.05) is 45.2 Å². The highest BCUT2D eigenvalue weighted by Crippen LogP contribution is 2.37. The van der Waals surface area contributed by atoms with Crippen LogP contribution in [0.15, 0.2) is 12.1 Å². The summed E-state index contributed by atoms with van der Waals surface area (Å²) >= 11 is 0. The molecule has 2 N–H and O–H groups in total. The average Bonchev–Trinajstić information content (AvgIpc) is 2.70. The number of carbonyl (C=O) groups is 1. The fraction of sp³-hybridized carbons (Fsp3) is 0.476. The molecule has 0 spiro atoms. The van der Waals surface area contributed by atoms with Gasteiger partial charge in [-0.25, -0.2) is 18.2 Å². The van der Waals surface area contributed by atoms with Crippen LogP contribution in [0.3, 0.4) is 0 Å². The molecule has 0 radical (unpaired) electrons. The van der Waals surface area contributed by atoms with E-state index in [-0.39, 0.29) is 30.4 Å². The maximum absolute atomic E-state index is 13.3. The summed E-state index contributed by atoms with van der Waals surface area (Å²) in [4.78, 5) is 23.4. The monoisotopic (exact) mass is 451 g/mol. The molecule has 0 saturated heterocycles. The minimum absolute atomic E-state index is 0.0126. The van der Waals surface area contributed by atoms with Gasteiger partial charge in [-0.15, -0.1) is 0 Å². The summed E-state index contributed by atoms with van der Waals surface area (Å²) in [5, 5.41) is 6.10. The molecular formula is C21H24F3N5O3. The molecule has 1 amide bonds. The van der Waals surface area contributed by atoms with E-state index in [9.17, 15) is 18.0 Å². The van der Waals surface area contributed by atoms with Crippen molar-refractivity contribution >= 4 is 23.4 Å². The molecule has 0 bridgehead atoms. The number of anilines is 3. The first-order valence-electron chi connectivity index (χ1n) is 10.1. The third-order valence-corrected chi connectivity index (χ3v) is 5.97. The second kappa shape index (κ2) is 8.12. The van der Waals surface area contributed by atoms with Gasteiger partial charge in [-0.05, 0) is 13.8 Å². The number of hydrogen-bond acceptors (Lipinski definition) is 7. The zero-order valence-corrected chi connectivity index (χ0v) is 18.1. The van der Waals surface area contributed by atoms with E-state index in [2.05, 4.69) is 20.6 Å². The number of fused-ring (bicyclic) bond motifs is 1. The van der Waals surface area contributed by atoms with Gasteiger partial charge < -0.3 is 25.0 Å². The van der Waals surface area contributed by atoms with E-state index in [1.165, 1.54) is 7.11 Å². The van der Waals surface area contributed by atoms with Crippen molar-refractivity contribution in [1.82, 2.24) is 9.97 Å². The van der Waals surface area contributed by atoms with Gasteiger partial charge >= 0.3 is 0 Å². The lowest BCUT2D eigenvalue weighted by Gasteiger charge is -2.42. The first-order chi connectivity index (χ1) is 15.1. The van der Waals surface area contributed by atoms with Gasteiger partial charge in [-0.2, -0.15) is 4.98 Å². The molecule has 1 fully saturated rings. The Morgan fingerprint density at radius 2 is 1.91 bits per heavy atom. The molecular weight excluding hydrogens is 427 g/mol. The number of carbonyl (C=O) groups excluding carboxylic acids is 1. The first-order valence-corrected chi connectivity index (χ1v) is 10.1. The van der Waals surface area contributed by atoms with Crippen molar-refractivity contribution in [3.05, 3.63) is 35.3 Å². The van der Waals surface area contributed by atoms with Crippen LogP contribution in [0.25, 0.3) is 0 Å². The zero-order valence-electron chi connectivity index (χ0n) is 18.1. The summed E-state index contributed by atoms with van der Waals surface area (Å²) < 4.78 is 50.5. The Hall–Kier alpha value is -3.08. The van der Waals surface area contributed by atoms with Crippen LogP contribution in [-0.4, -0.2) is 54.3 Å². The third-order valence-electron chi connectivity index (χ3n) is 5.97. The van der Waals surface area contributed by atoms with Crippen LogP contribution in [0.2, 0.25) is 0 Å². The van der Waals surface area contributed by atoms with E-state index in [1.54, 1.807) is 25.8 Å². The second-order valence-electron chi connectivity index (χ2n) is 8.30. The summed E-state index contributed by atoms with van der Waals surface area (Å²) in [6, 6.07) is 1.65. The highest BCUT2D eigenvalue weighted by Gasteiger charge is 2.44. The Balaban J connectivity index is 1.43. The predicted molar refractivity (Wildman–Crippen MR) is 111 cm³/mol. The normalized spacial score (nSPS) is 24.5. The van der Waals surface area contributed by atoms with E-state index in [1.807, 2.05) is 0 Å². The topological polar surface area (TPSA) is 88.6 Å². The van der Waals surface area contributed by atoms with Gasteiger partial charge in [0.2, 0.25) is 5.95 Å². The van der Waals surface area contributed by atoms with Crippen molar-refractivity contribution in [2.75, 3.05) is 36.3 Å². The molecule has 1 saturated carbocycles. The number of hydrogen-bond donors (Lipinski definition) is 2. The molecule has 1 aliphatic heterocycles. The number of nitrogens with zero attached hydrogens (tertiary/aromatic N) is 3. The minimum Gasteiger partial charge on any atom is -0.490 e. The largest absolute Gasteiger partial charge is 0.490 e. The number of aromatic nitrogens is 2. The molecule has 2 heterocycles.